The largest absolute Gasteiger partial charge is 0.338 e. The standard InChI is InChI=1S/C18H22N4O2/c19-11-15-6-3-8-22(15)18(24)16(20)10-17(23)21-9-7-13-4-1-2-5-14(13)12-21/h1-2,4-5,15-16H,3,6-10,12,20H2/t15-,16?/m0/s1. The van der Waals surface area contributed by atoms with Gasteiger partial charge in [0.15, 0.2) is 0 Å². The summed E-state index contributed by atoms with van der Waals surface area (Å²) in [5.41, 5.74) is 8.40. The highest BCUT2D eigenvalue weighted by Gasteiger charge is 2.33. The Labute approximate surface area is 141 Å². The van der Waals surface area contributed by atoms with Crippen molar-refractivity contribution in [3.63, 3.8) is 0 Å². The Kier molecular flexibility index (Phi) is 4.81. The molecule has 1 aromatic carbocycles. The predicted molar refractivity (Wildman–Crippen MR) is 88.5 cm³/mol. The van der Waals surface area contributed by atoms with Crippen molar-refractivity contribution >= 4 is 11.8 Å². The zero-order valence-electron chi connectivity index (χ0n) is 13.6. The van der Waals surface area contributed by atoms with Gasteiger partial charge in [-0.2, -0.15) is 5.26 Å². The molecule has 6 heteroatoms. The highest BCUT2D eigenvalue weighted by Crippen LogP contribution is 2.21. The third kappa shape index (κ3) is 3.26. The Morgan fingerprint density at radius 1 is 1.29 bits per heavy atom. The van der Waals surface area contributed by atoms with Crippen LogP contribution in [0.1, 0.15) is 30.4 Å². The number of carbonyl (C=O) groups excluding carboxylic acids is 2. The molecule has 24 heavy (non-hydrogen) atoms. The lowest BCUT2D eigenvalue weighted by Crippen LogP contribution is -2.48. The fourth-order valence-corrected chi connectivity index (χ4v) is 3.49. The number of fused-ring (bicyclic) bond motifs is 1. The van der Waals surface area contributed by atoms with Gasteiger partial charge >= 0.3 is 0 Å². The molecule has 0 spiro atoms. The van der Waals surface area contributed by atoms with Crippen LogP contribution in [0.3, 0.4) is 0 Å². The Hall–Kier alpha value is -2.39. The molecule has 0 radical (unpaired) electrons. The highest BCUT2D eigenvalue weighted by atomic mass is 16.2. The molecule has 6 nitrogen and oxygen atoms in total. The van der Waals surface area contributed by atoms with Gasteiger partial charge in [0.2, 0.25) is 11.8 Å². The summed E-state index contributed by atoms with van der Waals surface area (Å²) < 4.78 is 0. The van der Waals surface area contributed by atoms with Crippen LogP contribution in [0.25, 0.3) is 0 Å². The lowest BCUT2D eigenvalue weighted by atomic mass is 9.99. The van der Waals surface area contributed by atoms with Crippen molar-refractivity contribution in [1.29, 1.82) is 5.26 Å². The van der Waals surface area contributed by atoms with Crippen LogP contribution in [0, 0.1) is 11.3 Å². The van der Waals surface area contributed by atoms with Crippen LogP contribution in [-0.2, 0) is 22.6 Å². The van der Waals surface area contributed by atoms with E-state index in [1.807, 2.05) is 18.2 Å². The van der Waals surface area contributed by atoms with Crippen molar-refractivity contribution in [2.24, 2.45) is 5.73 Å². The van der Waals surface area contributed by atoms with Crippen molar-refractivity contribution in [2.75, 3.05) is 13.1 Å². The number of hydrogen-bond donors (Lipinski definition) is 1. The summed E-state index contributed by atoms with van der Waals surface area (Å²) in [4.78, 5) is 28.2. The molecule has 3 rings (SSSR count). The summed E-state index contributed by atoms with van der Waals surface area (Å²) in [6, 6.07) is 8.95. The zero-order valence-corrected chi connectivity index (χ0v) is 13.6. The predicted octanol–water partition coefficient (Wildman–Crippen LogP) is 0.803. The van der Waals surface area contributed by atoms with Gasteiger partial charge in [0.1, 0.15) is 6.04 Å². The molecule has 2 aliphatic rings. The lowest BCUT2D eigenvalue weighted by molar-refractivity contribution is -0.138. The van der Waals surface area contributed by atoms with Crippen molar-refractivity contribution in [1.82, 2.24) is 9.80 Å². The molecule has 1 fully saturated rings. The van der Waals surface area contributed by atoms with Crippen LogP contribution in [0.4, 0.5) is 0 Å². The fraction of sp³-hybridized carbons (Fsp3) is 0.500. The molecule has 0 saturated carbocycles. The zero-order chi connectivity index (χ0) is 17.1. The fourth-order valence-electron chi connectivity index (χ4n) is 3.49. The van der Waals surface area contributed by atoms with E-state index in [4.69, 9.17) is 11.0 Å². The summed E-state index contributed by atoms with van der Waals surface area (Å²) in [5.74, 6) is -0.386. The van der Waals surface area contributed by atoms with Crippen LogP contribution >= 0.6 is 0 Å². The molecule has 0 aromatic heterocycles. The van der Waals surface area contributed by atoms with E-state index >= 15 is 0 Å². The maximum Gasteiger partial charge on any atom is 0.241 e. The van der Waals surface area contributed by atoms with Crippen molar-refractivity contribution in [3.05, 3.63) is 35.4 Å². The van der Waals surface area contributed by atoms with Gasteiger partial charge < -0.3 is 15.5 Å². The second kappa shape index (κ2) is 7.02. The molecule has 126 valence electrons. The maximum atomic E-state index is 12.5. The summed E-state index contributed by atoms with van der Waals surface area (Å²) in [5, 5.41) is 9.09. The topological polar surface area (TPSA) is 90.4 Å². The van der Waals surface area contributed by atoms with E-state index in [9.17, 15) is 9.59 Å². The van der Waals surface area contributed by atoms with E-state index in [0.717, 1.165) is 18.4 Å². The number of likely N-dealkylation sites (tertiary alicyclic amines) is 1. The smallest absolute Gasteiger partial charge is 0.241 e. The number of rotatable bonds is 3. The summed E-state index contributed by atoms with van der Waals surface area (Å²) >= 11 is 0. The molecule has 1 aromatic rings. The third-order valence-corrected chi connectivity index (χ3v) is 4.88. The average Bonchev–Trinajstić information content (AvgIpc) is 3.09. The minimum Gasteiger partial charge on any atom is -0.338 e. The highest BCUT2D eigenvalue weighted by molar-refractivity contribution is 5.88. The molecule has 0 aliphatic carbocycles. The molecule has 1 saturated heterocycles. The first-order valence-corrected chi connectivity index (χ1v) is 8.40. The van der Waals surface area contributed by atoms with E-state index in [1.165, 1.54) is 10.5 Å². The maximum absolute atomic E-state index is 12.5. The molecule has 2 heterocycles. The minimum absolute atomic E-state index is 0.00432. The van der Waals surface area contributed by atoms with E-state index in [0.29, 0.717) is 26.1 Å². The Morgan fingerprint density at radius 3 is 2.79 bits per heavy atom. The molecule has 2 N–H and O–H groups in total. The van der Waals surface area contributed by atoms with Gasteiger partial charge in [0, 0.05) is 19.6 Å². The van der Waals surface area contributed by atoms with Crippen LogP contribution in [0.2, 0.25) is 0 Å². The molecule has 1 unspecified atom stereocenters. The number of carbonyl (C=O) groups is 2. The monoisotopic (exact) mass is 326 g/mol. The molecule has 2 aliphatic heterocycles. The van der Waals surface area contributed by atoms with Gasteiger partial charge in [0.25, 0.3) is 0 Å². The lowest BCUT2D eigenvalue weighted by Gasteiger charge is -2.30. The number of nitrogens with two attached hydrogens (primary N) is 1. The van der Waals surface area contributed by atoms with E-state index in [-0.39, 0.29) is 18.2 Å². The van der Waals surface area contributed by atoms with Crippen molar-refractivity contribution in [3.8, 4) is 6.07 Å². The number of hydrogen-bond acceptors (Lipinski definition) is 4. The summed E-state index contributed by atoms with van der Waals surface area (Å²) in [7, 11) is 0. The first kappa shape index (κ1) is 16.5. The Morgan fingerprint density at radius 2 is 2.04 bits per heavy atom. The van der Waals surface area contributed by atoms with Gasteiger partial charge in [0.05, 0.1) is 18.5 Å². The van der Waals surface area contributed by atoms with E-state index in [1.54, 1.807) is 4.90 Å². The molecule has 2 amide bonds. The van der Waals surface area contributed by atoms with E-state index in [2.05, 4.69) is 12.1 Å². The second-order valence-electron chi connectivity index (χ2n) is 6.46. The van der Waals surface area contributed by atoms with Crippen LogP contribution in [-0.4, -0.2) is 46.8 Å². The average molecular weight is 326 g/mol. The molecule has 2 atom stereocenters. The minimum atomic E-state index is -0.872. The van der Waals surface area contributed by atoms with E-state index < -0.39 is 12.1 Å². The first-order chi connectivity index (χ1) is 11.6. The van der Waals surface area contributed by atoms with Crippen LogP contribution in [0.5, 0.6) is 0 Å². The van der Waals surface area contributed by atoms with Crippen molar-refractivity contribution in [2.45, 2.75) is 44.3 Å². The second-order valence-corrected chi connectivity index (χ2v) is 6.46. The number of nitriles is 1. The molecule has 0 bridgehead atoms. The number of nitrogens with zero attached hydrogens (tertiary/aromatic N) is 3. The van der Waals surface area contributed by atoms with Gasteiger partial charge in [-0.15, -0.1) is 0 Å². The summed E-state index contributed by atoms with van der Waals surface area (Å²) in [6.07, 6.45) is 2.32. The number of benzene rings is 1. The summed E-state index contributed by atoms with van der Waals surface area (Å²) in [6.45, 7) is 1.78. The molecular weight excluding hydrogens is 304 g/mol. The van der Waals surface area contributed by atoms with Gasteiger partial charge in [-0.1, -0.05) is 24.3 Å². The normalized spacial score (nSPS) is 21.1. The number of amides is 2. The quantitative estimate of drug-likeness (QED) is 0.889. The van der Waals surface area contributed by atoms with Crippen LogP contribution in [0.15, 0.2) is 24.3 Å². The van der Waals surface area contributed by atoms with Gasteiger partial charge in [-0.3, -0.25) is 9.59 Å². The van der Waals surface area contributed by atoms with Gasteiger partial charge in [-0.25, -0.2) is 0 Å². The van der Waals surface area contributed by atoms with Gasteiger partial charge in [-0.05, 0) is 30.4 Å². The van der Waals surface area contributed by atoms with Crippen molar-refractivity contribution < 1.29 is 9.59 Å². The first-order valence-electron chi connectivity index (χ1n) is 8.40. The third-order valence-electron chi connectivity index (χ3n) is 4.88. The molecular formula is C18H22N4O2. The van der Waals surface area contributed by atoms with Crippen LogP contribution < -0.4 is 5.73 Å². The Balaban J connectivity index is 1.59. The Bertz CT molecular complexity index is 682. The SMILES string of the molecule is N#C[C@@H]1CCCN1C(=O)C(N)CC(=O)N1CCc2ccccc2C1.